The molecular weight excluding hydrogens is 451 g/mol. The highest BCUT2D eigenvalue weighted by atomic mass is 32.1. The molecule has 3 aromatic rings. The molecular formula is C26H27FN4O2S. The highest BCUT2D eigenvalue weighted by molar-refractivity contribution is 7.14. The molecule has 176 valence electrons. The van der Waals surface area contributed by atoms with Crippen LogP contribution in [0.2, 0.25) is 0 Å². The number of anilines is 4. The Morgan fingerprint density at radius 3 is 2.50 bits per heavy atom. The summed E-state index contributed by atoms with van der Waals surface area (Å²) in [6.45, 7) is 3.33. The van der Waals surface area contributed by atoms with E-state index in [0.29, 0.717) is 10.8 Å². The van der Waals surface area contributed by atoms with Gasteiger partial charge >= 0.3 is 0 Å². The van der Waals surface area contributed by atoms with E-state index in [9.17, 15) is 14.0 Å². The number of nitrogens with one attached hydrogen (secondary N) is 1. The first-order chi connectivity index (χ1) is 16.5. The average Bonchev–Trinajstić information content (AvgIpc) is 3.11. The summed E-state index contributed by atoms with van der Waals surface area (Å²) in [5.74, 6) is -1.13. The van der Waals surface area contributed by atoms with Gasteiger partial charge in [0.1, 0.15) is 5.82 Å². The predicted octanol–water partition coefficient (Wildman–Crippen LogP) is 6.00. The maximum atomic E-state index is 14.3. The normalized spacial score (nSPS) is 14.1. The first-order valence-electron chi connectivity index (χ1n) is 11.4. The number of carbonyl (C=O) groups is 2. The molecule has 2 heterocycles. The van der Waals surface area contributed by atoms with Crippen molar-refractivity contribution in [2.75, 3.05) is 28.2 Å². The van der Waals surface area contributed by atoms with E-state index in [1.165, 1.54) is 54.2 Å². The van der Waals surface area contributed by atoms with Crippen LogP contribution in [0, 0.1) is 5.82 Å². The third kappa shape index (κ3) is 5.69. The van der Waals surface area contributed by atoms with Crippen molar-refractivity contribution < 1.29 is 14.0 Å². The van der Waals surface area contributed by atoms with Gasteiger partial charge in [0.15, 0.2) is 5.13 Å². The summed E-state index contributed by atoms with van der Waals surface area (Å²) in [5, 5.41) is 5.03. The van der Waals surface area contributed by atoms with Gasteiger partial charge in [-0.1, -0.05) is 37.1 Å². The lowest BCUT2D eigenvalue weighted by molar-refractivity contribution is -0.116. The predicted molar refractivity (Wildman–Crippen MR) is 136 cm³/mol. The first kappa shape index (κ1) is 23.6. The van der Waals surface area contributed by atoms with Crippen LogP contribution in [0.4, 0.5) is 26.6 Å². The van der Waals surface area contributed by atoms with Crippen LogP contribution in [-0.2, 0) is 9.59 Å². The zero-order valence-corrected chi connectivity index (χ0v) is 19.9. The summed E-state index contributed by atoms with van der Waals surface area (Å²) < 4.78 is 14.3. The molecule has 1 N–H and O–H groups in total. The summed E-state index contributed by atoms with van der Waals surface area (Å²) >= 11 is 1.21. The third-order valence-corrected chi connectivity index (χ3v) is 6.47. The SMILES string of the molecule is CC(=O)N(c1nc(C=CC(=O)Nc2ccccc2N2CCCCCC2)cs1)c1ccccc1F. The van der Waals surface area contributed by atoms with Gasteiger partial charge in [-0.05, 0) is 43.2 Å². The highest BCUT2D eigenvalue weighted by Crippen LogP contribution is 2.31. The highest BCUT2D eigenvalue weighted by Gasteiger charge is 2.20. The second-order valence-electron chi connectivity index (χ2n) is 8.10. The average molecular weight is 479 g/mol. The number of carbonyl (C=O) groups excluding carboxylic acids is 2. The molecule has 2 aromatic carbocycles. The van der Waals surface area contributed by atoms with Crippen molar-refractivity contribution in [3.05, 3.63) is 71.5 Å². The zero-order valence-electron chi connectivity index (χ0n) is 19.0. The molecule has 1 saturated heterocycles. The molecule has 0 aliphatic carbocycles. The first-order valence-corrected chi connectivity index (χ1v) is 12.2. The van der Waals surface area contributed by atoms with E-state index in [1.54, 1.807) is 23.6 Å². The molecule has 34 heavy (non-hydrogen) atoms. The monoisotopic (exact) mass is 478 g/mol. The summed E-state index contributed by atoms with van der Waals surface area (Å²) in [4.78, 5) is 32.8. The van der Waals surface area contributed by atoms with E-state index in [0.717, 1.165) is 37.3 Å². The minimum absolute atomic E-state index is 0.141. The van der Waals surface area contributed by atoms with Crippen LogP contribution in [0.1, 0.15) is 38.3 Å². The number of thiazole rings is 1. The van der Waals surface area contributed by atoms with Crippen molar-refractivity contribution >= 4 is 51.4 Å². The largest absolute Gasteiger partial charge is 0.370 e. The lowest BCUT2D eigenvalue weighted by Crippen LogP contribution is -2.25. The van der Waals surface area contributed by atoms with E-state index in [4.69, 9.17) is 0 Å². The third-order valence-electron chi connectivity index (χ3n) is 5.62. The molecule has 8 heteroatoms. The van der Waals surface area contributed by atoms with Gasteiger partial charge in [0.05, 0.1) is 22.8 Å². The van der Waals surface area contributed by atoms with Crippen molar-refractivity contribution in [3.63, 3.8) is 0 Å². The molecule has 1 fully saturated rings. The number of nitrogens with zero attached hydrogens (tertiary/aromatic N) is 3. The molecule has 4 rings (SSSR count). The fourth-order valence-corrected chi connectivity index (χ4v) is 4.85. The lowest BCUT2D eigenvalue weighted by Gasteiger charge is -2.25. The maximum absolute atomic E-state index is 14.3. The number of rotatable bonds is 6. The van der Waals surface area contributed by atoms with Gasteiger partial charge in [0.25, 0.3) is 0 Å². The van der Waals surface area contributed by atoms with Gasteiger partial charge in [-0.3, -0.25) is 14.5 Å². The van der Waals surface area contributed by atoms with Gasteiger partial charge in [-0.2, -0.15) is 0 Å². The Morgan fingerprint density at radius 2 is 1.76 bits per heavy atom. The molecule has 0 spiro atoms. The molecule has 0 atom stereocenters. The van der Waals surface area contributed by atoms with E-state index in [1.807, 2.05) is 24.3 Å². The summed E-state index contributed by atoms with van der Waals surface area (Å²) in [5.41, 5.74) is 2.46. The minimum atomic E-state index is -0.507. The fourth-order valence-electron chi connectivity index (χ4n) is 4.00. The molecule has 0 unspecified atom stereocenters. The number of aromatic nitrogens is 1. The molecule has 6 nitrogen and oxygen atoms in total. The van der Waals surface area contributed by atoms with Gasteiger partial charge in [-0.25, -0.2) is 9.37 Å². The van der Waals surface area contributed by atoms with Crippen LogP contribution in [0.5, 0.6) is 0 Å². The molecule has 1 aliphatic heterocycles. The minimum Gasteiger partial charge on any atom is -0.370 e. The van der Waals surface area contributed by atoms with E-state index in [-0.39, 0.29) is 17.5 Å². The number of hydrogen-bond donors (Lipinski definition) is 1. The Bertz CT molecular complexity index is 1180. The van der Waals surface area contributed by atoms with Crippen LogP contribution in [-0.4, -0.2) is 29.9 Å². The quantitative estimate of drug-likeness (QED) is 0.442. The molecule has 1 aliphatic rings. The zero-order chi connectivity index (χ0) is 23.9. The number of benzene rings is 2. The number of hydrogen-bond acceptors (Lipinski definition) is 5. The topological polar surface area (TPSA) is 65.5 Å². The Kier molecular flexibility index (Phi) is 7.69. The van der Waals surface area contributed by atoms with E-state index >= 15 is 0 Å². The number of amides is 2. The molecule has 0 saturated carbocycles. The lowest BCUT2D eigenvalue weighted by atomic mass is 10.2. The Hall–Kier alpha value is -3.52. The number of para-hydroxylation sites is 3. The molecule has 0 bridgehead atoms. The summed E-state index contributed by atoms with van der Waals surface area (Å²) in [6.07, 6.45) is 7.78. The second-order valence-corrected chi connectivity index (χ2v) is 8.94. The van der Waals surface area contributed by atoms with Crippen LogP contribution in [0.3, 0.4) is 0 Å². The van der Waals surface area contributed by atoms with Gasteiger partial charge in [-0.15, -0.1) is 11.3 Å². The van der Waals surface area contributed by atoms with Gasteiger partial charge in [0, 0.05) is 31.5 Å². The van der Waals surface area contributed by atoms with Gasteiger partial charge < -0.3 is 10.2 Å². The van der Waals surface area contributed by atoms with Crippen molar-refractivity contribution in [3.8, 4) is 0 Å². The van der Waals surface area contributed by atoms with Crippen molar-refractivity contribution in [2.45, 2.75) is 32.6 Å². The number of halogens is 1. The second kappa shape index (κ2) is 11.1. The van der Waals surface area contributed by atoms with Gasteiger partial charge in [0.2, 0.25) is 11.8 Å². The maximum Gasteiger partial charge on any atom is 0.248 e. The molecule has 2 amide bonds. The standard InChI is InChI=1S/C26H27FN4O2S/c1-19(32)31(23-12-6-4-10-21(23)27)26-28-20(18-34-26)14-15-25(33)29-22-11-5-7-13-24(22)30-16-8-2-3-9-17-30/h4-7,10-15,18H,2-3,8-9,16-17H2,1H3,(H,29,33). The smallest absolute Gasteiger partial charge is 0.248 e. The van der Waals surface area contributed by atoms with Crippen LogP contribution in [0.25, 0.3) is 6.08 Å². The Balaban J connectivity index is 1.47. The Labute approximate surface area is 202 Å². The van der Waals surface area contributed by atoms with Crippen LogP contribution < -0.4 is 15.1 Å². The van der Waals surface area contributed by atoms with Crippen LogP contribution >= 0.6 is 11.3 Å². The van der Waals surface area contributed by atoms with Crippen LogP contribution in [0.15, 0.2) is 60.0 Å². The van der Waals surface area contributed by atoms with Crippen molar-refractivity contribution in [2.24, 2.45) is 0 Å². The van der Waals surface area contributed by atoms with Crippen molar-refractivity contribution in [1.82, 2.24) is 4.98 Å². The molecule has 1 aromatic heterocycles. The fraction of sp³-hybridized carbons (Fsp3) is 0.269. The Morgan fingerprint density at radius 1 is 1.06 bits per heavy atom. The molecule has 0 radical (unpaired) electrons. The van der Waals surface area contributed by atoms with E-state index < -0.39 is 5.82 Å². The van der Waals surface area contributed by atoms with E-state index in [2.05, 4.69) is 15.2 Å². The summed E-state index contributed by atoms with van der Waals surface area (Å²) in [7, 11) is 0. The van der Waals surface area contributed by atoms with Crippen molar-refractivity contribution in [1.29, 1.82) is 0 Å². The summed E-state index contributed by atoms with van der Waals surface area (Å²) in [6, 6.07) is 13.9.